The summed E-state index contributed by atoms with van der Waals surface area (Å²) in [5.41, 5.74) is 0. The van der Waals surface area contributed by atoms with E-state index in [1.54, 1.807) is 0 Å². The van der Waals surface area contributed by atoms with Crippen LogP contribution in [0, 0.1) is 5.92 Å². The molecular weight excluding hydrogens is 192 g/mol. The molecule has 0 atom stereocenters. The molecule has 0 aromatic carbocycles. The largest absolute Gasteiger partial charge is 0.393 e. The number of nitrogens with zero attached hydrogens (tertiary/aromatic N) is 1. The summed E-state index contributed by atoms with van der Waals surface area (Å²) in [7, 11) is 0. The summed E-state index contributed by atoms with van der Waals surface area (Å²) in [5.74, 6) is 0.357. The molecule has 4 nitrogen and oxygen atoms in total. The summed E-state index contributed by atoms with van der Waals surface area (Å²) >= 11 is 0. The van der Waals surface area contributed by atoms with E-state index in [-0.39, 0.29) is 5.97 Å². The van der Waals surface area contributed by atoms with Gasteiger partial charge in [0.1, 0.15) is 0 Å². The van der Waals surface area contributed by atoms with Crippen LogP contribution >= 0.6 is 0 Å². The van der Waals surface area contributed by atoms with Gasteiger partial charge in [0.05, 0.1) is 0 Å². The first kappa shape index (κ1) is 13.9. The number of esters is 1. The molecule has 4 heteroatoms. The van der Waals surface area contributed by atoms with Crippen molar-refractivity contribution in [1.82, 2.24) is 5.32 Å². The maximum absolute atomic E-state index is 10.7. The van der Waals surface area contributed by atoms with E-state index in [1.165, 1.54) is 6.92 Å². The summed E-state index contributed by atoms with van der Waals surface area (Å²) < 4.78 is 4.90. The number of carbonyl (C=O) groups is 1. The molecule has 0 aliphatic heterocycles. The van der Waals surface area contributed by atoms with Crippen molar-refractivity contribution in [2.24, 2.45) is 10.9 Å². The molecule has 1 N–H and O–H groups in total. The van der Waals surface area contributed by atoms with Gasteiger partial charge in [-0.25, -0.2) is 4.99 Å². The van der Waals surface area contributed by atoms with E-state index >= 15 is 0 Å². The lowest BCUT2D eigenvalue weighted by Gasteiger charge is -2.07. The molecule has 0 aliphatic rings. The molecule has 0 saturated heterocycles. The van der Waals surface area contributed by atoms with E-state index in [9.17, 15) is 4.79 Å². The van der Waals surface area contributed by atoms with Crippen LogP contribution in [0.5, 0.6) is 0 Å². The highest BCUT2D eigenvalue weighted by Crippen LogP contribution is 2.02. The highest BCUT2D eigenvalue weighted by Gasteiger charge is 2.01. The molecule has 0 aliphatic carbocycles. The van der Waals surface area contributed by atoms with Gasteiger partial charge in [0.2, 0.25) is 0 Å². The molecule has 0 fully saturated rings. The number of amidine groups is 1. The minimum absolute atomic E-state index is 0.335. The Kier molecular flexibility index (Phi) is 7.68. The molecule has 0 aromatic rings. The van der Waals surface area contributed by atoms with E-state index in [0.717, 1.165) is 12.8 Å². The Hall–Kier alpha value is -1.06. The SMILES string of the molecule is CCN/C(=N/CCCC(C)C)OC(C)=O. The van der Waals surface area contributed by atoms with Gasteiger partial charge in [-0.3, -0.25) is 4.79 Å². The summed E-state index contributed by atoms with van der Waals surface area (Å²) in [6.45, 7) is 9.08. The van der Waals surface area contributed by atoms with Crippen molar-refractivity contribution in [3.8, 4) is 0 Å². The third-order valence-electron chi connectivity index (χ3n) is 1.76. The fraction of sp³-hybridized carbons (Fsp3) is 0.818. The summed E-state index contributed by atoms with van der Waals surface area (Å²) in [6, 6.07) is 0.341. The molecule has 0 saturated carbocycles. The van der Waals surface area contributed by atoms with Gasteiger partial charge in [0.15, 0.2) is 0 Å². The molecule has 0 spiro atoms. The third-order valence-corrected chi connectivity index (χ3v) is 1.76. The Morgan fingerprint density at radius 2 is 2.13 bits per heavy atom. The Morgan fingerprint density at radius 3 is 2.60 bits per heavy atom. The van der Waals surface area contributed by atoms with Crippen molar-refractivity contribution in [2.45, 2.75) is 40.5 Å². The van der Waals surface area contributed by atoms with Gasteiger partial charge < -0.3 is 10.1 Å². The average Bonchev–Trinajstić information content (AvgIpc) is 2.11. The molecule has 0 rings (SSSR count). The number of nitrogens with one attached hydrogen (secondary N) is 1. The first-order valence-electron chi connectivity index (χ1n) is 5.53. The predicted molar refractivity (Wildman–Crippen MR) is 61.8 cm³/mol. The van der Waals surface area contributed by atoms with E-state index < -0.39 is 0 Å². The normalized spacial score (nSPS) is 11.7. The molecule has 0 aromatic heterocycles. The quantitative estimate of drug-likeness (QED) is 0.329. The summed E-state index contributed by atoms with van der Waals surface area (Å²) in [4.78, 5) is 14.9. The number of hydrogen-bond acceptors (Lipinski definition) is 3. The lowest BCUT2D eigenvalue weighted by atomic mass is 10.1. The molecular formula is C11H22N2O2. The topological polar surface area (TPSA) is 50.7 Å². The minimum Gasteiger partial charge on any atom is -0.393 e. The van der Waals surface area contributed by atoms with E-state index in [4.69, 9.17) is 4.74 Å². The van der Waals surface area contributed by atoms with Crippen LogP contribution in [0.15, 0.2) is 4.99 Å². The van der Waals surface area contributed by atoms with E-state index in [0.29, 0.717) is 25.0 Å². The predicted octanol–water partition coefficient (Wildman–Crippen LogP) is 1.95. The first-order valence-corrected chi connectivity index (χ1v) is 5.53. The van der Waals surface area contributed by atoms with Gasteiger partial charge in [-0.2, -0.15) is 0 Å². The van der Waals surface area contributed by atoms with Crippen LogP contribution in [-0.2, 0) is 9.53 Å². The smallest absolute Gasteiger partial charge is 0.310 e. The van der Waals surface area contributed by atoms with Crippen LogP contribution in [-0.4, -0.2) is 25.1 Å². The summed E-state index contributed by atoms with van der Waals surface area (Å²) in [6.07, 6.45) is 2.16. The highest BCUT2D eigenvalue weighted by molar-refractivity contribution is 5.86. The maximum Gasteiger partial charge on any atom is 0.310 e. The standard InChI is InChI=1S/C11H22N2O2/c1-5-12-11(15-10(4)14)13-8-6-7-9(2)3/h9H,5-8H2,1-4H3,(H,12,13). The third kappa shape index (κ3) is 9.25. The zero-order chi connectivity index (χ0) is 11.7. The second-order valence-corrected chi connectivity index (χ2v) is 3.85. The van der Waals surface area contributed by atoms with E-state index in [1.807, 2.05) is 6.92 Å². The summed E-state index contributed by atoms with van der Waals surface area (Å²) in [5, 5.41) is 2.91. The number of hydrogen-bond donors (Lipinski definition) is 1. The average molecular weight is 214 g/mol. The van der Waals surface area contributed by atoms with Crippen molar-refractivity contribution >= 4 is 12.0 Å². The number of aliphatic imine (C=N–C) groups is 1. The highest BCUT2D eigenvalue weighted by atomic mass is 16.6. The van der Waals surface area contributed by atoms with Gasteiger partial charge in [0.25, 0.3) is 6.02 Å². The van der Waals surface area contributed by atoms with Crippen molar-refractivity contribution in [1.29, 1.82) is 0 Å². The first-order chi connectivity index (χ1) is 7.06. The van der Waals surface area contributed by atoms with Gasteiger partial charge in [0, 0.05) is 20.0 Å². The van der Waals surface area contributed by atoms with Gasteiger partial charge in [-0.1, -0.05) is 13.8 Å². The Bertz CT molecular complexity index is 213. The number of carbonyl (C=O) groups excluding carboxylic acids is 1. The van der Waals surface area contributed by atoms with Crippen molar-refractivity contribution in [3.05, 3.63) is 0 Å². The lowest BCUT2D eigenvalue weighted by Crippen LogP contribution is -2.27. The monoisotopic (exact) mass is 214 g/mol. The van der Waals surface area contributed by atoms with Crippen molar-refractivity contribution in [3.63, 3.8) is 0 Å². The molecule has 0 amide bonds. The minimum atomic E-state index is -0.335. The van der Waals surface area contributed by atoms with Crippen molar-refractivity contribution in [2.75, 3.05) is 13.1 Å². The van der Waals surface area contributed by atoms with Crippen LogP contribution < -0.4 is 5.32 Å². The molecule has 0 unspecified atom stereocenters. The molecule has 88 valence electrons. The van der Waals surface area contributed by atoms with E-state index in [2.05, 4.69) is 24.2 Å². The zero-order valence-electron chi connectivity index (χ0n) is 10.2. The fourth-order valence-corrected chi connectivity index (χ4v) is 1.09. The van der Waals surface area contributed by atoms with Gasteiger partial charge >= 0.3 is 5.97 Å². The van der Waals surface area contributed by atoms with Crippen LogP contribution in [0.3, 0.4) is 0 Å². The van der Waals surface area contributed by atoms with Gasteiger partial charge in [-0.05, 0) is 25.7 Å². The molecule has 0 heterocycles. The second kappa shape index (κ2) is 8.26. The van der Waals surface area contributed by atoms with Crippen LogP contribution in [0.1, 0.15) is 40.5 Å². The Balaban J connectivity index is 3.88. The van der Waals surface area contributed by atoms with Crippen LogP contribution in [0.25, 0.3) is 0 Å². The zero-order valence-corrected chi connectivity index (χ0v) is 10.2. The molecule has 0 radical (unpaired) electrons. The molecule has 0 bridgehead atoms. The Morgan fingerprint density at radius 1 is 1.47 bits per heavy atom. The van der Waals surface area contributed by atoms with Crippen LogP contribution in [0.4, 0.5) is 0 Å². The van der Waals surface area contributed by atoms with Crippen molar-refractivity contribution < 1.29 is 9.53 Å². The second-order valence-electron chi connectivity index (χ2n) is 3.85. The lowest BCUT2D eigenvalue weighted by molar-refractivity contribution is -0.133. The fourth-order valence-electron chi connectivity index (χ4n) is 1.09. The Labute approximate surface area is 92.1 Å². The number of rotatable bonds is 5. The molecule has 15 heavy (non-hydrogen) atoms. The number of ether oxygens (including phenoxy) is 1. The van der Waals surface area contributed by atoms with Crippen LogP contribution in [0.2, 0.25) is 0 Å². The van der Waals surface area contributed by atoms with Gasteiger partial charge in [-0.15, -0.1) is 0 Å². The maximum atomic E-state index is 10.7.